The summed E-state index contributed by atoms with van der Waals surface area (Å²) in [5.41, 5.74) is 2.14. The Morgan fingerprint density at radius 3 is 2.78 bits per heavy atom. The summed E-state index contributed by atoms with van der Waals surface area (Å²) in [6, 6.07) is 10.7. The number of ether oxygens (including phenoxy) is 1. The van der Waals surface area contributed by atoms with Crippen LogP contribution in [-0.4, -0.2) is 72.2 Å². The standard InChI is InChI=1S/C23H28FN3O2.CH2O2/c1-29-11-8-22(28)27-15-19-14-26(10-7-17-4-3-9-25-13-17)16-21(19)23(27)18-5-2-6-20(24)12-18;2-1-3/h2-6,9,12-13,19,21,23H,7-8,10-11,14-16H2,1H3;1H,(H,2,3)/t19-,21-,23+;/m0./s1. The number of halogens is 1. The molecule has 2 aliphatic rings. The number of pyridine rings is 1. The molecule has 0 unspecified atom stereocenters. The number of aromatic nitrogens is 1. The zero-order chi connectivity index (χ0) is 22.9. The van der Waals surface area contributed by atoms with Gasteiger partial charge in [0.05, 0.1) is 19.1 Å². The van der Waals surface area contributed by atoms with E-state index in [1.807, 2.05) is 23.2 Å². The summed E-state index contributed by atoms with van der Waals surface area (Å²) in [4.78, 5) is 29.8. The van der Waals surface area contributed by atoms with Crippen LogP contribution in [0.15, 0.2) is 48.8 Å². The van der Waals surface area contributed by atoms with Crippen LogP contribution in [0.3, 0.4) is 0 Å². The fourth-order valence-electron chi connectivity index (χ4n) is 4.86. The molecule has 3 heterocycles. The van der Waals surface area contributed by atoms with Crippen molar-refractivity contribution in [1.82, 2.24) is 14.8 Å². The second-order valence-electron chi connectivity index (χ2n) is 8.19. The minimum Gasteiger partial charge on any atom is -0.483 e. The molecule has 1 aromatic heterocycles. The zero-order valence-corrected chi connectivity index (χ0v) is 18.3. The van der Waals surface area contributed by atoms with E-state index < -0.39 is 0 Å². The van der Waals surface area contributed by atoms with E-state index in [4.69, 9.17) is 14.6 Å². The molecule has 8 heteroatoms. The molecule has 2 saturated heterocycles. The Hall–Kier alpha value is -2.84. The number of rotatable bonds is 7. The highest BCUT2D eigenvalue weighted by molar-refractivity contribution is 5.77. The molecule has 1 N–H and O–H groups in total. The van der Waals surface area contributed by atoms with Gasteiger partial charge in [-0.3, -0.25) is 14.6 Å². The molecule has 2 aliphatic heterocycles. The van der Waals surface area contributed by atoms with Gasteiger partial charge in [0.1, 0.15) is 5.82 Å². The zero-order valence-electron chi connectivity index (χ0n) is 18.3. The smallest absolute Gasteiger partial charge is 0.290 e. The van der Waals surface area contributed by atoms with Gasteiger partial charge in [-0.2, -0.15) is 0 Å². The van der Waals surface area contributed by atoms with E-state index in [0.717, 1.165) is 38.2 Å². The number of amides is 1. The average molecular weight is 444 g/mol. The van der Waals surface area contributed by atoms with Gasteiger partial charge >= 0.3 is 0 Å². The SMILES string of the molecule is COCCC(=O)N1C[C@@H]2CN(CCc3cccnc3)C[C@@H]2[C@H]1c1cccc(F)c1.O=CO. The average Bonchev–Trinajstić information content (AvgIpc) is 3.35. The van der Waals surface area contributed by atoms with Crippen molar-refractivity contribution < 1.29 is 23.8 Å². The molecule has 32 heavy (non-hydrogen) atoms. The van der Waals surface area contributed by atoms with Gasteiger partial charge in [0.15, 0.2) is 0 Å². The minimum absolute atomic E-state index is 0.0663. The number of nitrogens with zero attached hydrogens (tertiary/aromatic N) is 3. The lowest BCUT2D eigenvalue weighted by molar-refractivity contribution is -0.133. The maximum Gasteiger partial charge on any atom is 0.290 e. The van der Waals surface area contributed by atoms with Crippen molar-refractivity contribution in [2.24, 2.45) is 11.8 Å². The van der Waals surface area contributed by atoms with Crippen LogP contribution in [0, 0.1) is 17.7 Å². The van der Waals surface area contributed by atoms with E-state index in [1.165, 1.54) is 11.6 Å². The Morgan fingerprint density at radius 2 is 2.09 bits per heavy atom. The molecule has 0 bridgehead atoms. The van der Waals surface area contributed by atoms with E-state index in [-0.39, 0.29) is 24.2 Å². The van der Waals surface area contributed by atoms with Crippen molar-refractivity contribution in [2.75, 3.05) is 39.9 Å². The molecule has 172 valence electrons. The lowest BCUT2D eigenvalue weighted by Gasteiger charge is -2.30. The topological polar surface area (TPSA) is 83.0 Å². The van der Waals surface area contributed by atoms with Gasteiger partial charge in [0.25, 0.3) is 6.47 Å². The highest BCUT2D eigenvalue weighted by Crippen LogP contribution is 2.45. The summed E-state index contributed by atoms with van der Waals surface area (Å²) in [6.45, 7) is 3.78. The van der Waals surface area contributed by atoms with Crippen LogP contribution in [0.5, 0.6) is 0 Å². The number of likely N-dealkylation sites (tertiary alicyclic amines) is 2. The van der Waals surface area contributed by atoms with Crippen LogP contribution >= 0.6 is 0 Å². The quantitative estimate of drug-likeness (QED) is 0.663. The Bertz CT molecular complexity index is 883. The molecule has 3 atom stereocenters. The number of hydrogen-bond acceptors (Lipinski definition) is 5. The number of carbonyl (C=O) groups is 2. The number of methoxy groups -OCH3 is 1. The first-order valence-corrected chi connectivity index (χ1v) is 10.8. The number of hydrogen-bond donors (Lipinski definition) is 1. The lowest BCUT2D eigenvalue weighted by atomic mass is 9.89. The molecular weight excluding hydrogens is 413 g/mol. The van der Waals surface area contributed by atoms with Crippen LogP contribution in [0.25, 0.3) is 0 Å². The largest absolute Gasteiger partial charge is 0.483 e. The highest BCUT2D eigenvalue weighted by atomic mass is 19.1. The summed E-state index contributed by atoms with van der Waals surface area (Å²) in [7, 11) is 1.61. The second kappa shape index (κ2) is 11.7. The number of carboxylic acid groups (broad SMARTS) is 1. The first-order chi connectivity index (χ1) is 15.6. The summed E-state index contributed by atoms with van der Waals surface area (Å²) in [6.07, 6.45) is 5.05. The van der Waals surface area contributed by atoms with Crippen LogP contribution in [0.1, 0.15) is 23.6 Å². The molecule has 7 nitrogen and oxygen atoms in total. The van der Waals surface area contributed by atoms with E-state index in [9.17, 15) is 9.18 Å². The van der Waals surface area contributed by atoms with Crippen LogP contribution < -0.4 is 0 Å². The normalized spacial score (nSPS) is 22.2. The Kier molecular flexibility index (Phi) is 8.70. The van der Waals surface area contributed by atoms with Crippen molar-refractivity contribution in [3.63, 3.8) is 0 Å². The molecule has 4 rings (SSSR count). The molecule has 0 radical (unpaired) electrons. The Balaban J connectivity index is 0.000000913. The first-order valence-electron chi connectivity index (χ1n) is 10.8. The van der Waals surface area contributed by atoms with Crippen molar-refractivity contribution in [3.05, 3.63) is 65.7 Å². The summed E-state index contributed by atoms with van der Waals surface area (Å²) >= 11 is 0. The Morgan fingerprint density at radius 1 is 1.28 bits per heavy atom. The first kappa shape index (κ1) is 23.8. The molecule has 0 aliphatic carbocycles. The molecule has 2 aromatic rings. The molecule has 1 aromatic carbocycles. The number of benzene rings is 1. The predicted octanol–water partition coefficient (Wildman–Crippen LogP) is 2.63. The van der Waals surface area contributed by atoms with E-state index in [1.54, 1.807) is 25.4 Å². The van der Waals surface area contributed by atoms with Gasteiger partial charge < -0.3 is 19.6 Å². The van der Waals surface area contributed by atoms with Crippen molar-refractivity contribution in [3.8, 4) is 0 Å². The van der Waals surface area contributed by atoms with E-state index in [0.29, 0.717) is 24.9 Å². The van der Waals surface area contributed by atoms with Gasteiger partial charge in [-0.1, -0.05) is 18.2 Å². The van der Waals surface area contributed by atoms with Crippen LogP contribution in [0.4, 0.5) is 4.39 Å². The predicted molar refractivity (Wildman–Crippen MR) is 117 cm³/mol. The van der Waals surface area contributed by atoms with Gasteiger partial charge in [-0.25, -0.2) is 4.39 Å². The van der Waals surface area contributed by atoms with E-state index >= 15 is 0 Å². The molecule has 0 spiro atoms. The summed E-state index contributed by atoms with van der Waals surface area (Å²) in [5, 5.41) is 6.89. The molecule has 2 fully saturated rings. The van der Waals surface area contributed by atoms with Crippen molar-refractivity contribution >= 4 is 12.4 Å². The summed E-state index contributed by atoms with van der Waals surface area (Å²) in [5.74, 6) is 0.597. The van der Waals surface area contributed by atoms with Crippen LogP contribution in [-0.2, 0) is 20.7 Å². The maximum atomic E-state index is 13.9. The van der Waals surface area contributed by atoms with Gasteiger partial charge in [0, 0.05) is 51.6 Å². The monoisotopic (exact) mass is 443 g/mol. The third kappa shape index (κ3) is 5.89. The van der Waals surface area contributed by atoms with Crippen molar-refractivity contribution in [1.29, 1.82) is 0 Å². The van der Waals surface area contributed by atoms with Gasteiger partial charge in [-0.15, -0.1) is 0 Å². The van der Waals surface area contributed by atoms with Crippen LogP contribution in [0.2, 0.25) is 0 Å². The molecule has 0 saturated carbocycles. The molecular formula is C24H30FN3O4. The molecule has 1 amide bonds. The van der Waals surface area contributed by atoms with E-state index in [2.05, 4.69) is 16.0 Å². The van der Waals surface area contributed by atoms with Crippen molar-refractivity contribution in [2.45, 2.75) is 18.9 Å². The maximum absolute atomic E-state index is 13.9. The third-order valence-corrected chi connectivity index (χ3v) is 6.21. The minimum atomic E-state index is -0.250. The Labute approximate surface area is 187 Å². The third-order valence-electron chi connectivity index (χ3n) is 6.21. The summed E-state index contributed by atoms with van der Waals surface area (Å²) < 4.78 is 19.0. The van der Waals surface area contributed by atoms with Gasteiger partial charge in [-0.05, 0) is 41.7 Å². The number of carbonyl (C=O) groups excluding carboxylic acids is 1. The second-order valence-corrected chi connectivity index (χ2v) is 8.19. The fourth-order valence-corrected chi connectivity index (χ4v) is 4.86. The number of fused-ring (bicyclic) bond motifs is 1. The fraction of sp³-hybridized carbons (Fsp3) is 0.458. The van der Waals surface area contributed by atoms with Gasteiger partial charge in [0.2, 0.25) is 5.91 Å². The highest BCUT2D eigenvalue weighted by Gasteiger charge is 2.48. The lowest BCUT2D eigenvalue weighted by Crippen LogP contribution is -2.36.